The van der Waals surface area contributed by atoms with Gasteiger partial charge in [0.25, 0.3) is 0 Å². The Kier molecular flexibility index (Phi) is 12.7. The maximum absolute atomic E-state index is 5.99. The van der Waals surface area contributed by atoms with E-state index >= 15 is 0 Å². The van der Waals surface area contributed by atoms with E-state index in [1.54, 1.807) is 0 Å². The second-order valence-electron chi connectivity index (χ2n) is 9.74. The fraction of sp³-hybridized carbons (Fsp3) is 0.419. The van der Waals surface area contributed by atoms with Crippen LogP contribution in [0.25, 0.3) is 0 Å². The first-order valence-corrected chi connectivity index (χ1v) is 19.1. The summed E-state index contributed by atoms with van der Waals surface area (Å²) in [6, 6.07) is 33.3. The fourth-order valence-electron chi connectivity index (χ4n) is 5.15. The average Bonchev–Trinajstić information content (AvgIpc) is 2.85. The molecule has 0 aliphatic rings. The molecule has 0 aromatic heterocycles. The van der Waals surface area contributed by atoms with Gasteiger partial charge in [0.05, 0.1) is 0 Å². The molecule has 0 nitrogen and oxygen atoms in total. The first kappa shape index (κ1) is 27.4. The van der Waals surface area contributed by atoms with E-state index in [2.05, 4.69) is 91.0 Å². The molecule has 0 saturated carbocycles. The monoisotopic (exact) mass is 556 g/mol. The molecule has 182 valence electrons. The summed E-state index contributed by atoms with van der Waals surface area (Å²) in [6.07, 6.45) is 13.7. The van der Waals surface area contributed by atoms with Gasteiger partial charge in [0, 0.05) is 0 Å². The van der Waals surface area contributed by atoms with E-state index in [9.17, 15) is 0 Å². The Hall–Kier alpha value is -1.20. The maximum atomic E-state index is 5.99. The zero-order chi connectivity index (χ0) is 23.9. The Labute approximate surface area is 220 Å². The number of unbranched alkanes of at least 4 members (excludes halogenated alkanes) is 6. The summed E-state index contributed by atoms with van der Waals surface area (Å²) in [6.45, 7) is 0. The molecule has 0 aliphatic carbocycles. The van der Waals surface area contributed by atoms with Crippen molar-refractivity contribution in [3.63, 3.8) is 0 Å². The minimum absolute atomic E-state index is 0.227. The van der Waals surface area contributed by atoms with Crippen LogP contribution in [0, 0.1) is 5.41 Å². The van der Waals surface area contributed by atoms with E-state index in [1.165, 1.54) is 68.1 Å². The van der Waals surface area contributed by atoms with E-state index in [1.807, 2.05) is 0 Å². The van der Waals surface area contributed by atoms with Gasteiger partial charge in [0.2, 0.25) is 0 Å². The first-order chi connectivity index (χ1) is 16.7. The fourth-order valence-corrected chi connectivity index (χ4v) is 7.37. The molecule has 0 heterocycles. The van der Waals surface area contributed by atoms with Crippen molar-refractivity contribution < 1.29 is 0 Å². The van der Waals surface area contributed by atoms with Gasteiger partial charge in [0.15, 0.2) is 0 Å². The zero-order valence-electron chi connectivity index (χ0n) is 20.3. The number of hydrogen-bond donors (Lipinski definition) is 0. The summed E-state index contributed by atoms with van der Waals surface area (Å²) >= 11 is -1.47. The van der Waals surface area contributed by atoms with Gasteiger partial charge in [-0.25, -0.2) is 0 Å². The molecule has 0 saturated heterocycles. The summed E-state index contributed by atoms with van der Waals surface area (Å²) in [7, 11) is 12.0. The van der Waals surface area contributed by atoms with Crippen LogP contribution in [0.4, 0.5) is 0 Å². The zero-order valence-corrected chi connectivity index (χ0v) is 23.7. The van der Waals surface area contributed by atoms with Crippen molar-refractivity contribution in [2.24, 2.45) is 5.41 Å². The average molecular weight is 557 g/mol. The molecule has 0 aliphatic heterocycles. The van der Waals surface area contributed by atoms with Gasteiger partial charge in [0.1, 0.15) is 0 Å². The third-order valence-corrected chi connectivity index (χ3v) is 9.93. The molecule has 0 radical (unpaired) electrons. The van der Waals surface area contributed by atoms with Crippen molar-refractivity contribution in [3.05, 3.63) is 108 Å². The molecule has 3 rings (SSSR count). The smallest absolute Gasteiger partial charge is 0.0622 e. The topological polar surface area (TPSA) is 0 Å². The van der Waals surface area contributed by atoms with E-state index < -0.39 is 12.8 Å². The van der Waals surface area contributed by atoms with Crippen molar-refractivity contribution in [2.75, 3.05) is 0 Å². The third kappa shape index (κ3) is 10.6. The van der Waals surface area contributed by atoms with Crippen LogP contribution in [-0.4, -0.2) is 12.8 Å². The molecule has 0 fully saturated rings. The van der Waals surface area contributed by atoms with Gasteiger partial charge in [-0.3, -0.25) is 0 Å². The van der Waals surface area contributed by atoms with Crippen LogP contribution < -0.4 is 0 Å². The molecular weight excluding hydrogens is 518 g/mol. The Balaban J connectivity index is 1.66. The molecule has 0 bridgehead atoms. The molecule has 34 heavy (non-hydrogen) atoms. The summed E-state index contributed by atoms with van der Waals surface area (Å²) in [5, 5.41) is 1.07. The van der Waals surface area contributed by atoms with Crippen LogP contribution in [0.5, 0.6) is 0 Å². The quantitative estimate of drug-likeness (QED) is 0.122. The van der Waals surface area contributed by atoms with Gasteiger partial charge < -0.3 is 0 Å². The third-order valence-electron chi connectivity index (χ3n) is 6.80. The van der Waals surface area contributed by atoms with Gasteiger partial charge in [-0.05, 0) is 0 Å². The Bertz CT molecular complexity index is 795. The van der Waals surface area contributed by atoms with Crippen molar-refractivity contribution in [1.29, 1.82) is 0 Å². The number of hydrogen-bond acceptors (Lipinski definition) is 0. The minimum Gasteiger partial charge on any atom is -0.0622 e. The van der Waals surface area contributed by atoms with Crippen molar-refractivity contribution >= 4 is 32.7 Å². The van der Waals surface area contributed by atoms with Gasteiger partial charge in [-0.1, -0.05) is 91.0 Å². The van der Waals surface area contributed by atoms with Crippen molar-refractivity contribution in [3.8, 4) is 0 Å². The van der Waals surface area contributed by atoms with Crippen LogP contribution in [0.1, 0.15) is 68.1 Å². The van der Waals surface area contributed by atoms with Gasteiger partial charge in [-0.15, -0.1) is 0 Å². The molecule has 0 spiro atoms. The summed E-state index contributed by atoms with van der Waals surface area (Å²) in [5.74, 6) is 0. The molecule has 0 amide bonds. The number of benzene rings is 3. The standard InChI is InChI=1S/C31H39AsCl2/c33-32(34)24-16-5-3-1-2-4-15-23-31(25-28-17-9-6-10-18-28,26-29-19-11-7-12-20-29)27-30-21-13-8-14-22-30/h6-14,17-22H,1-5,15-16,23-27H2. The number of rotatable bonds is 16. The Morgan fingerprint density at radius 3 is 1.21 bits per heavy atom. The van der Waals surface area contributed by atoms with E-state index in [0.717, 1.165) is 24.5 Å². The van der Waals surface area contributed by atoms with Crippen LogP contribution in [0.3, 0.4) is 0 Å². The van der Waals surface area contributed by atoms with Crippen LogP contribution in [0.15, 0.2) is 91.0 Å². The van der Waals surface area contributed by atoms with Crippen LogP contribution in [0.2, 0.25) is 5.21 Å². The Morgan fingerprint density at radius 2 is 0.824 bits per heavy atom. The second-order valence-corrected chi connectivity index (χ2v) is 17.1. The van der Waals surface area contributed by atoms with Crippen molar-refractivity contribution in [2.45, 2.75) is 75.8 Å². The Morgan fingerprint density at radius 1 is 0.471 bits per heavy atom. The number of halogens is 2. The van der Waals surface area contributed by atoms with E-state index in [4.69, 9.17) is 19.9 Å². The van der Waals surface area contributed by atoms with Gasteiger partial charge in [-0.2, -0.15) is 0 Å². The van der Waals surface area contributed by atoms with Gasteiger partial charge >= 0.3 is 131 Å². The SMILES string of the molecule is Cl[As](Cl)CCCCCCCCCC(Cc1ccccc1)(Cc1ccccc1)Cc1ccccc1. The molecule has 3 aromatic rings. The van der Waals surface area contributed by atoms with Crippen LogP contribution >= 0.6 is 19.9 Å². The second kappa shape index (κ2) is 15.7. The first-order valence-electron chi connectivity index (χ1n) is 12.9. The molecule has 0 unspecified atom stereocenters. The predicted octanol–water partition coefficient (Wildman–Crippen LogP) is 9.79. The normalized spacial score (nSPS) is 11.7. The minimum atomic E-state index is -1.47. The summed E-state index contributed by atoms with van der Waals surface area (Å²) in [5.41, 5.74) is 4.59. The van der Waals surface area contributed by atoms with Crippen molar-refractivity contribution in [1.82, 2.24) is 0 Å². The van der Waals surface area contributed by atoms with E-state index in [-0.39, 0.29) is 5.41 Å². The molecular formula is C31H39AsCl2. The molecule has 3 heteroatoms. The van der Waals surface area contributed by atoms with Crippen LogP contribution in [-0.2, 0) is 19.3 Å². The molecule has 0 N–H and O–H groups in total. The summed E-state index contributed by atoms with van der Waals surface area (Å²) < 4.78 is 0. The summed E-state index contributed by atoms with van der Waals surface area (Å²) in [4.78, 5) is 0. The predicted molar refractivity (Wildman–Crippen MR) is 152 cm³/mol. The molecule has 3 aromatic carbocycles. The van der Waals surface area contributed by atoms with E-state index in [0.29, 0.717) is 0 Å². The molecule has 0 atom stereocenters.